The number of halogens is 4. The Balaban J connectivity index is 1.40. The van der Waals surface area contributed by atoms with Crippen molar-refractivity contribution in [2.75, 3.05) is 23.3 Å². The molecule has 4 aromatic heterocycles. The van der Waals surface area contributed by atoms with Crippen molar-refractivity contribution in [3.8, 4) is 17.3 Å². The molecule has 0 aliphatic carbocycles. The summed E-state index contributed by atoms with van der Waals surface area (Å²) in [6.07, 6.45) is 0.940. The minimum Gasteiger partial charge on any atom is -0.356 e. The summed E-state index contributed by atoms with van der Waals surface area (Å²) in [5.41, 5.74) is 0.806. The molecular weight excluding hydrogens is 488 g/mol. The van der Waals surface area contributed by atoms with Crippen molar-refractivity contribution in [3.63, 3.8) is 0 Å². The fourth-order valence-electron chi connectivity index (χ4n) is 4.29. The fraction of sp³-hybridized carbons (Fsp3) is 0.320. The molecule has 0 amide bonds. The van der Waals surface area contributed by atoms with Gasteiger partial charge in [0.25, 0.3) is 0 Å². The Morgan fingerprint density at radius 3 is 2.59 bits per heavy atom. The van der Waals surface area contributed by atoms with Crippen LogP contribution in [-0.4, -0.2) is 44.2 Å². The maximum Gasteiger partial charge on any atom is 0.417 e. The molecule has 1 atom stereocenters. The molecule has 2 N–H and O–H groups in total. The molecule has 1 aliphatic heterocycles. The second kappa shape index (κ2) is 9.65. The van der Waals surface area contributed by atoms with Gasteiger partial charge in [0.2, 0.25) is 5.95 Å². The van der Waals surface area contributed by atoms with Crippen molar-refractivity contribution in [2.45, 2.75) is 38.2 Å². The number of rotatable bonds is 5. The van der Waals surface area contributed by atoms with Gasteiger partial charge in [-0.1, -0.05) is 6.07 Å². The average molecular weight is 510 g/mol. The van der Waals surface area contributed by atoms with Gasteiger partial charge in [0.05, 0.1) is 29.1 Å². The van der Waals surface area contributed by atoms with Crippen LogP contribution in [0.2, 0.25) is 0 Å². The van der Waals surface area contributed by atoms with Gasteiger partial charge in [0, 0.05) is 42.6 Å². The summed E-state index contributed by atoms with van der Waals surface area (Å²) in [7, 11) is 0. The number of aromatic nitrogens is 5. The van der Waals surface area contributed by atoms with E-state index in [0.717, 1.165) is 23.6 Å². The molecule has 190 valence electrons. The number of H-pyrrole nitrogens is 1. The zero-order valence-electron chi connectivity index (χ0n) is 19.7. The Labute approximate surface area is 209 Å². The van der Waals surface area contributed by atoms with Crippen molar-refractivity contribution < 1.29 is 17.6 Å². The van der Waals surface area contributed by atoms with E-state index < -0.39 is 17.9 Å². The molecule has 5 rings (SSSR count). The molecule has 0 spiro atoms. The second-order valence-electron chi connectivity index (χ2n) is 8.87. The SMILES string of the molecule is CC(Nc1ncc(C#N)c(-c2c[nH]c3ncc(C(F)(F)F)cc23)n1)c1ccc(N2CCC(F)CC2)nc1. The highest BCUT2D eigenvalue weighted by atomic mass is 19.4. The number of hydrogen-bond donors (Lipinski definition) is 2. The van der Waals surface area contributed by atoms with Gasteiger partial charge in [-0.2, -0.15) is 18.4 Å². The van der Waals surface area contributed by atoms with E-state index in [0.29, 0.717) is 31.5 Å². The van der Waals surface area contributed by atoms with Crippen LogP contribution < -0.4 is 10.2 Å². The first-order valence-corrected chi connectivity index (χ1v) is 11.7. The van der Waals surface area contributed by atoms with Crippen LogP contribution in [0.3, 0.4) is 0 Å². The Morgan fingerprint density at radius 2 is 1.92 bits per heavy atom. The smallest absolute Gasteiger partial charge is 0.356 e. The molecule has 12 heteroatoms. The fourth-order valence-corrected chi connectivity index (χ4v) is 4.29. The predicted molar refractivity (Wildman–Crippen MR) is 129 cm³/mol. The lowest BCUT2D eigenvalue weighted by Gasteiger charge is -2.29. The number of anilines is 2. The minimum absolute atomic E-state index is 0.111. The first-order valence-electron chi connectivity index (χ1n) is 11.7. The maximum atomic E-state index is 13.4. The monoisotopic (exact) mass is 510 g/mol. The first kappa shape index (κ1) is 24.4. The zero-order valence-corrected chi connectivity index (χ0v) is 19.7. The number of nitrogens with zero attached hydrogens (tertiary/aromatic N) is 6. The van der Waals surface area contributed by atoms with Gasteiger partial charge >= 0.3 is 6.18 Å². The number of fused-ring (bicyclic) bond motifs is 1. The van der Waals surface area contributed by atoms with Crippen molar-refractivity contribution >= 4 is 22.8 Å². The van der Waals surface area contributed by atoms with E-state index in [1.54, 1.807) is 6.20 Å². The number of alkyl halides is 4. The molecule has 0 bridgehead atoms. The quantitative estimate of drug-likeness (QED) is 0.346. The third-order valence-corrected chi connectivity index (χ3v) is 6.39. The van der Waals surface area contributed by atoms with E-state index in [2.05, 4.69) is 30.2 Å². The van der Waals surface area contributed by atoms with Crippen LogP contribution in [0.1, 0.15) is 42.5 Å². The molecule has 0 saturated carbocycles. The molecule has 1 fully saturated rings. The van der Waals surface area contributed by atoms with Crippen LogP contribution in [0.4, 0.5) is 29.3 Å². The van der Waals surface area contributed by atoms with Gasteiger partial charge in [-0.05, 0) is 37.5 Å². The zero-order chi connectivity index (χ0) is 26.2. The average Bonchev–Trinajstić information content (AvgIpc) is 3.32. The van der Waals surface area contributed by atoms with Gasteiger partial charge in [0.15, 0.2) is 0 Å². The maximum absolute atomic E-state index is 13.4. The van der Waals surface area contributed by atoms with Crippen LogP contribution in [-0.2, 0) is 6.18 Å². The lowest BCUT2D eigenvalue weighted by molar-refractivity contribution is -0.137. The molecule has 4 aromatic rings. The molecule has 1 saturated heterocycles. The first-order chi connectivity index (χ1) is 17.7. The highest BCUT2D eigenvalue weighted by Crippen LogP contribution is 2.35. The number of nitrogens with one attached hydrogen (secondary N) is 2. The van der Waals surface area contributed by atoms with E-state index in [4.69, 9.17) is 0 Å². The second-order valence-corrected chi connectivity index (χ2v) is 8.87. The van der Waals surface area contributed by atoms with Gasteiger partial charge in [-0.15, -0.1) is 0 Å². The lowest BCUT2D eigenvalue weighted by atomic mass is 10.1. The Kier molecular flexibility index (Phi) is 6.37. The van der Waals surface area contributed by atoms with Crippen LogP contribution >= 0.6 is 0 Å². The van der Waals surface area contributed by atoms with Gasteiger partial charge in [-0.3, -0.25) is 0 Å². The number of pyridine rings is 2. The third kappa shape index (κ3) is 5.02. The van der Waals surface area contributed by atoms with Crippen LogP contribution in [0.5, 0.6) is 0 Å². The number of piperidine rings is 1. The van der Waals surface area contributed by atoms with E-state index >= 15 is 0 Å². The van der Waals surface area contributed by atoms with E-state index in [1.165, 1.54) is 12.4 Å². The number of hydrogen-bond acceptors (Lipinski definition) is 7. The van der Waals surface area contributed by atoms with Crippen LogP contribution in [0.15, 0.2) is 43.0 Å². The molecule has 0 aromatic carbocycles. The topological polar surface area (TPSA) is 106 Å². The Hall–Kier alpha value is -4.27. The Bertz CT molecular complexity index is 1450. The highest BCUT2D eigenvalue weighted by molar-refractivity contribution is 5.94. The summed E-state index contributed by atoms with van der Waals surface area (Å²) >= 11 is 0. The number of aromatic amines is 1. The van der Waals surface area contributed by atoms with Gasteiger partial charge in [-0.25, -0.2) is 24.3 Å². The predicted octanol–water partition coefficient (Wildman–Crippen LogP) is 5.42. The molecule has 1 aliphatic rings. The van der Waals surface area contributed by atoms with E-state index in [9.17, 15) is 22.8 Å². The van der Waals surface area contributed by atoms with Crippen LogP contribution in [0, 0.1) is 11.3 Å². The van der Waals surface area contributed by atoms with E-state index in [1.807, 2.05) is 30.0 Å². The van der Waals surface area contributed by atoms with Gasteiger partial charge < -0.3 is 15.2 Å². The van der Waals surface area contributed by atoms with E-state index in [-0.39, 0.29) is 34.3 Å². The van der Waals surface area contributed by atoms with Gasteiger partial charge in [0.1, 0.15) is 23.7 Å². The summed E-state index contributed by atoms with van der Waals surface area (Å²) in [6, 6.07) is 6.51. The minimum atomic E-state index is -4.56. The van der Waals surface area contributed by atoms with Crippen molar-refractivity contribution in [3.05, 3.63) is 59.7 Å². The molecule has 5 heterocycles. The largest absolute Gasteiger partial charge is 0.417 e. The van der Waals surface area contributed by atoms with Crippen LogP contribution in [0.25, 0.3) is 22.3 Å². The summed E-state index contributed by atoms with van der Waals surface area (Å²) in [5.74, 6) is 0.982. The highest BCUT2D eigenvalue weighted by Gasteiger charge is 2.32. The summed E-state index contributed by atoms with van der Waals surface area (Å²) < 4.78 is 53.2. The summed E-state index contributed by atoms with van der Waals surface area (Å²) in [4.78, 5) is 21.9. The molecule has 8 nitrogen and oxygen atoms in total. The molecule has 1 unspecified atom stereocenters. The summed E-state index contributed by atoms with van der Waals surface area (Å²) in [6.45, 7) is 3.13. The van der Waals surface area contributed by atoms with Crippen molar-refractivity contribution in [1.29, 1.82) is 5.26 Å². The molecule has 37 heavy (non-hydrogen) atoms. The Morgan fingerprint density at radius 1 is 1.14 bits per heavy atom. The third-order valence-electron chi connectivity index (χ3n) is 6.39. The molecular formula is C25H22F4N8. The normalized spacial score (nSPS) is 15.5. The summed E-state index contributed by atoms with van der Waals surface area (Å²) in [5, 5.41) is 12.9. The number of nitriles is 1. The standard InChI is InChI=1S/C25H22F4N8/c1-14(15-2-3-21(31-10-15)37-6-4-18(26)5-7-37)35-24-34-11-16(9-30)22(36-24)20-13-33-23-19(20)8-17(12-32-23)25(27,28)29/h2-3,8,10-14,18H,4-7H2,1H3,(H,32,33)(H,34,35,36). The lowest BCUT2D eigenvalue weighted by Crippen LogP contribution is -2.34. The molecule has 0 radical (unpaired) electrons. The van der Waals surface area contributed by atoms with Crippen molar-refractivity contribution in [2.24, 2.45) is 0 Å². The van der Waals surface area contributed by atoms with Crippen molar-refractivity contribution in [1.82, 2.24) is 24.9 Å².